The second-order valence-electron chi connectivity index (χ2n) is 6.72. The number of carbonyl (C=O) groups excluding carboxylic acids is 1. The molecule has 0 spiro atoms. The van der Waals surface area contributed by atoms with E-state index in [9.17, 15) is 24.1 Å². The highest BCUT2D eigenvalue weighted by Crippen LogP contribution is 2.21. The van der Waals surface area contributed by atoms with Gasteiger partial charge in [0.15, 0.2) is 0 Å². The van der Waals surface area contributed by atoms with Gasteiger partial charge in [-0.3, -0.25) is 29.2 Å². The molecule has 29 heavy (non-hydrogen) atoms. The van der Waals surface area contributed by atoms with Crippen molar-refractivity contribution in [1.29, 1.82) is 0 Å². The molecule has 0 saturated carbocycles. The van der Waals surface area contributed by atoms with Crippen molar-refractivity contribution in [1.82, 2.24) is 14.4 Å². The van der Waals surface area contributed by atoms with Gasteiger partial charge < -0.3 is 9.64 Å². The molecule has 10 heteroatoms. The van der Waals surface area contributed by atoms with Crippen LogP contribution < -0.4 is 10.3 Å². The fourth-order valence-electron chi connectivity index (χ4n) is 3.26. The number of methoxy groups -OCH3 is 1. The van der Waals surface area contributed by atoms with Gasteiger partial charge in [0.2, 0.25) is 5.91 Å². The minimum atomic E-state index is -0.611. The Labute approximate surface area is 166 Å². The number of nitrogens with zero attached hydrogens (tertiary/aromatic N) is 4. The molecule has 0 unspecified atom stereocenters. The normalized spacial score (nSPS) is 14.6. The Hall–Kier alpha value is -3.27. The maximum Gasteiger partial charge on any atom is 0.285 e. The van der Waals surface area contributed by atoms with E-state index in [2.05, 4.69) is 4.90 Å². The van der Waals surface area contributed by atoms with E-state index in [1.165, 1.54) is 19.2 Å². The second-order valence-corrected chi connectivity index (χ2v) is 6.72. The molecule has 1 saturated heterocycles. The fourth-order valence-corrected chi connectivity index (χ4v) is 3.26. The number of pyridine rings is 1. The molecule has 2 aromatic rings. The maximum atomic E-state index is 13.5. The molecule has 1 amide bonds. The molecule has 0 bridgehead atoms. The van der Waals surface area contributed by atoms with Crippen molar-refractivity contribution >= 4 is 11.6 Å². The summed E-state index contributed by atoms with van der Waals surface area (Å²) >= 11 is 0. The van der Waals surface area contributed by atoms with Crippen molar-refractivity contribution in [3.05, 3.63) is 68.4 Å². The van der Waals surface area contributed by atoms with Crippen molar-refractivity contribution in [2.75, 3.05) is 33.3 Å². The fraction of sp³-hybridized carbons (Fsp3) is 0.368. The monoisotopic (exact) mass is 404 g/mol. The Balaban J connectivity index is 1.59. The minimum absolute atomic E-state index is 0.244. The topological polar surface area (TPSA) is 97.9 Å². The average Bonchev–Trinajstić information content (AvgIpc) is 2.70. The van der Waals surface area contributed by atoms with E-state index in [0.717, 1.165) is 28.5 Å². The number of rotatable bonds is 6. The van der Waals surface area contributed by atoms with Gasteiger partial charge in [0.1, 0.15) is 18.1 Å². The molecule has 1 aliphatic rings. The summed E-state index contributed by atoms with van der Waals surface area (Å²) in [6.45, 7) is 2.29. The summed E-state index contributed by atoms with van der Waals surface area (Å²) in [5, 5.41) is 10.9. The Morgan fingerprint density at radius 1 is 1.21 bits per heavy atom. The third kappa shape index (κ3) is 4.96. The first-order valence-electron chi connectivity index (χ1n) is 9.05. The van der Waals surface area contributed by atoms with E-state index in [4.69, 9.17) is 4.74 Å². The average molecular weight is 404 g/mol. The molecule has 0 N–H and O–H groups in total. The molecular formula is C19H21FN4O5. The van der Waals surface area contributed by atoms with E-state index in [0.29, 0.717) is 38.5 Å². The lowest BCUT2D eigenvalue weighted by molar-refractivity contribution is -0.385. The van der Waals surface area contributed by atoms with Gasteiger partial charge >= 0.3 is 0 Å². The number of benzene rings is 1. The molecule has 0 radical (unpaired) electrons. The first-order valence-corrected chi connectivity index (χ1v) is 9.05. The van der Waals surface area contributed by atoms with Gasteiger partial charge in [-0.15, -0.1) is 0 Å². The van der Waals surface area contributed by atoms with Crippen molar-refractivity contribution in [3.63, 3.8) is 0 Å². The molecule has 1 aromatic heterocycles. The summed E-state index contributed by atoms with van der Waals surface area (Å²) in [6.07, 6.45) is 1.08. The van der Waals surface area contributed by atoms with Gasteiger partial charge in [-0.05, 0) is 18.2 Å². The minimum Gasteiger partial charge on any atom is -0.496 e. The Bertz CT molecular complexity index is 969. The lowest BCUT2D eigenvalue weighted by Gasteiger charge is -2.35. The van der Waals surface area contributed by atoms with E-state index < -0.39 is 10.5 Å². The molecule has 1 aliphatic heterocycles. The van der Waals surface area contributed by atoms with Gasteiger partial charge in [0.05, 0.1) is 18.2 Å². The number of ether oxygens (including phenoxy) is 1. The number of hydrogen-bond donors (Lipinski definition) is 0. The number of carbonyl (C=O) groups is 1. The predicted molar refractivity (Wildman–Crippen MR) is 102 cm³/mol. The third-order valence-electron chi connectivity index (χ3n) is 4.85. The van der Waals surface area contributed by atoms with Crippen LogP contribution >= 0.6 is 0 Å². The van der Waals surface area contributed by atoms with Crippen LogP contribution in [-0.2, 0) is 17.9 Å². The quantitative estimate of drug-likeness (QED) is 0.531. The van der Waals surface area contributed by atoms with Gasteiger partial charge in [-0.1, -0.05) is 0 Å². The van der Waals surface area contributed by atoms with Gasteiger partial charge in [-0.2, -0.15) is 0 Å². The molecule has 154 valence electrons. The number of aromatic nitrogens is 1. The summed E-state index contributed by atoms with van der Waals surface area (Å²) in [7, 11) is 1.53. The predicted octanol–water partition coefficient (Wildman–Crippen LogP) is 1.25. The highest BCUT2D eigenvalue weighted by Gasteiger charge is 2.23. The highest BCUT2D eigenvalue weighted by atomic mass is 19.1. The Kier molecular flexibility index (Phi) is 6.23. The van der Waals surface area contributed by atoms with Crippen LogP contribution in [0.25, 0.3) is 0 Å². The zero-order valence-electron chi connectivity index (χ0n) is 15.9. The van der Waals surface area contributed by atoms with Gasteiger partial charge in [0, 0.05) is 50.4 Å². The highest BCUT2D eigenvalue weighted by molar-refractivity contribution is 5.76. The molecule has 1 fully saturated rings. The van der Waals surface area contributed by atoms with Crippen LogP contribution in [0.4, 0.5) is 10.1 Å². The summed E-state index contributed by atoms with van der Waals surface area (Å²) in [6, 6.07) is 6.56. The number of amides is 1. The van der Waals surface area contributed by atoms with Crippen LogP contribution in [0.3, 0.4) is 0 Å². The molecule has 1 aromatic carbocycles. The van der Waals surface area contributed by atoms with Crippen LogP contribution in [0, 0.1) is 15.9 Å². The number of halogens is 1. The molecule has 0 aliphatic carbocycles. The summed E-state index contributed by atoms with van der Waals surface area (Å²) in [4.78, 5) is 38.3. The van der Waals surface area contributed by atoms with Crippen LogP contribution in [0.2, 0.25) is 0 Å². The Morgan fingerprint density at radius 2 is 1.93 bits per heavy atom. The van der Waals surface area contributed by atoms with E-state index in [-0.39, 0.29) is 24.0 Å². The van der Waals surface area contributed by atoms with Crippen LogP contribution in [0.1, 0.15) is 5.56 Å². The lowest BCUT2D eigenvalue weighted by atomic mass is 10.1. The first kappa shape index (κ1) is 20.5. The van der Waals surface area contributed by atoms with E-state index in [1.807, 2.05) is 0 Å². The van der Waals surface area contributed by atoms with Gasteiger partial charge in [-0.25, -0.2) is 4.39 Å². The van der Waals surface area contributed by atoms with Crippen LogP contribution in [0.5, 0.6) is 5.75 Å². The largest absolute Gasteiger partial charge is 0.496 e. The molecular weight excluding hydrogens is 383 g/mol. The zero-order chi connectivity index (χ0) is 21.0. The summed E-state index contributed by atoms with van der Waals surface area (Å²) in [5.74, 6) is -0.0115. The van der Waals surface area contributed by atoms with Gasteiger partial charge in [0.25, 0.3) is 11.2 Å². The summed E-state index contributed by atoms with van der Waals surface area (Å²) < 4.78 is 19.8. The van der Waals surface area contributed by atoms with E-state index >= 15 is 0 Å². The third-order valence-corrected chi connectivity index (χ3v) is 4.85. The van der Waals surface area contributed by atoms with Crippen molar-refractivity contribution in [3.8, 4) is 5.75 Å². The summed E-state index contributed by atoms with van der Waals surface area (Å²) in [5.41, 5.74) is 0.0162. The molecule has 9 nitrogen and oxygen atoms in total. The van der Waals surface area contributed by atoms with Crippen LogP contribution in [0.15, 0.2) is 41.3 Å². The Morgan fingerprint density at radius 3 is 2.59 bits per heavy atom. The first-order chi connectivity index (χ1) is 13.9. The van der Waals surface area contributed by atoms with E-state index in [1.54, 1.807) is 11.0 Å². The number of nitro groups is 1. The second kappa shape index (κ2) is 8.82. The number of piperazine rings is 1. The lowest BCUT2D eigenvalue weighted by Crippen LogP contribution is -2.49. The smallest absolute Gasteiger partial charge is 0.285 e. The standard InChI is InChI=1S/C19H21FN4O5/c1-29-17-4-2-15(20)10-14(17)11-21-6-8-22(9-7-21)19(26)13-23-12-16(24(27)28)3-5-18(23)25/h2-5,10,12H,6-9,11,13H2,1H3. The van der Waals surface area contributed by atoms with Crippen LogP contribution in [-0.4, -0.2) is 58.5 Å². The zero-order valence-corrected chi connectivity index (χ0v) is 15.9. The molecule has 0 atom stereocenters. The SMILES string of the molecule is COc1ccc(F)cc1CN1CCN(C(=O)Cn2cc([N+](=O)[O-])ccc2=O)CC1. The van der Waals surface area contributed by atoms with Crippen molar-refractivity contribution < 1.29 is 18.8 Å². The number of hydrogen-bond acceptors (Lipinski definition) is 6. The molecule has 2 heterocycles. The molecule has 3 rings (SSSR count). The maximum absolute atomic E-state index is 13.5. The van der Waals surface area contributed by atoms with Crippen molar-refractivity contribution in [2.24, 2.45) is 0 Å². The van der Waals surface area contributed by atoms with Crippen molar-refractivity contribution in [2.45, 2.75) is 13.1 Å².